The highest BCUT2D eigenvalue weighted by Crippen LogP contribution is 2.34. The zero-order chi connectivity index (χ0) is 15.5. The molecule has 0 aliphatic carbocycles. The standard InChI is InChI=1S/C18H19BrO2/c1-17(2,20)18(21,15-6-4-3-5-7-15)13-12-14-8-10-16(19)11-9-14/h3-13,20-21H,1-2H3/b13-12+. The van der Waals surface area contributed by atoms with Gasteiger partial charge < -0.3 is 10.2 Å². The van der Waals surface area contributed by atoms with Crippen LogP contribution in [0, 0.1) is 0 Å². The van der Waals surface area contributed by atoms with Crippen molar-refractivity contribution in [2.75, 3.05) is 0 Å². The molecule has 2 nitrogen and oxygen atoms in total. The molecular weight excluding hydrogens is 328 g/mol. The lowest BCUT2D eigenvalue weighted by molar-refractivity contribution is -0.104. The Bertz CT molecular complexity index is 612. The zero-order valence-electron chi connectivity index (χ0n) is 12.1. The molecule has 0 saturated heterocycles. The smallest absolute Gasteiger partial charge is 0.136 e. The van der Waals surface area contributed by atoms with Gasteiger partial charge in [-0.1, -0.05) is 64.5 Å². The second kappa shape index (κ2) is 6.14. The van der Waals surface area contributed by atoms with Crippen LogP contribution in [0.1, 0.15) is 25.0 Å². The third-order valence-corrected chi connectivity index (χ3v) is 4.06. The molecule has 0 aliphatic rings. The average molecular weight is 347 g/mol. The molecule has 0 bridgehead atoms. The molecule has 2 N–H and O–H groups in total. The molecule has 2 aromatic carbocycles. The van der Waals surface area contributed by atoms with E-state index >= 15 is 0 Å². The minimum Gasteiger partial charge on any atom is -0.387 e. The summed E-state index contributed by atoms with van der Waals surface area (Å²) in [6.07, 6.45) is 3.46. The Morgan fingerprint density at radius 3 is 2.00 bits per heavy atom. The summed E-state index contributed by atoms with van der Waals surface area (Å²) in [4.78, 5) is 0. The normalized spacial score (nSPS) is 15.1. The molecule has 0 radical (unpaired) electrons. The van der Waals surface area contributed by atoms with Crippen molar-refractivity contribution in [2.45, 2.75) is 25.0 Å². The molecule has 0 spiro atoms. The lowest BCUT2D eigenvalue weighted by Gasteiger charge is -2.37. The summed E-state index contributed by atoms with van der Waals surface area (Å²) in [5.74, 6) is 0. The van der Waals surface area contributed by atoms with Crippen LogP contribution in [0.2, 0.25) is 0 Å². The highest BCUT2D eigenvalue weighted by Gasteiger charge is 2.41. The first-order valence-electron chi connectivity index (χ1n) is 6.78. The average Bonchev–Trinajstić information content (AvgIpc) is 2.46. The fraction of sp³-hybridized carbons (Fsp3) is 0.222. The number of hydrogen-bond donors (Lipinski definition) is 2. The molecule has 0 fully saturated rings. The molecule has 2 rings (SSSR count). The zero-order valence-corrected chi connectivity index (χ0v) is 13.7. The summed E-state index contributed by atoms with van der Waals surface area (Å²) in [6.45, 7) is 3.21. The van der Waals surface area contributed by atoms with Crippen molar-refractivity contribution in [3.8, 4) is 0 Å². The van der Waals surface area contributed by atoms with Crippen LogP contribution >= 0.6 is 15.9 Å². The van der Waals surface area contributed by atoms with Gasteiger partial charge in [-0.3, -0.25) is 0 Å². The molecule has 0 heterocycles. The van der Waals surface area contributed by atoms with E-state index < -0.39 is 11.2 Å². The molecule has 2 aromatic rings. The van der Waals surface area contributed by atoms with E-state index in [4.69, 9.17) is 0 Å². The van der Waals surface area contributed by atoms with Gasteiger partial charge in [0.2, 0.25) is 0 Å². The van der Waals surface area contributed by atoms with Crippen LogP contribution in [0.15, 0.2) is 65.1 Å². The van der Waals surface area contributed by atoms with E-state index in [-0.39, 0.29) is 0 Å². The summed E-state index contributed by atoms with van der Waals surface area (Å²) in [5, 5.41) is 21.4. The Balaban J connectivity index is 2.40. The van der Waals surface area contributed by atoms with Gasteiger partial charge in [0.05, 0.1) is 5.60 Å². The Labute approximate surface area is 133 Å². The first-order valence-corrected chi connectivity index (χ1v) is 7.57. The van der Waals surface area contributed by atoms with E-state index in [0.29, 0.717) is 5.56 Å². The number of hydrogen-bond acceptors (Lipinski definition) is 2. The molecule has 0 saturated carbocycles. The van der Waals surface area contributed by atoms with Crippen molar-refractivity contribution >= 4 is 22.0 Å². The number of benzene rings is 2. The lowest BCUT2D eigenvalue weighted by Crippen LogP contribution is -2.45. The van der Waals surface area contributed by atoms with Crippen molar-refractivity contribution in [1.29, 1.82) is 0 Å². The van der Waals surface area contributed by atoms with Crippen LogP contribution in [0.5, 0.6) is 0 Å². The largest absolute Gasteiger partial charge is 0.387 e. The van der Waals surface area contributed by atoms with E-state index in [0.717, 1.165) is 10.0 Å². The third-order valence-electron chi connectivity index (χ3n) is 3.53. The number of aliphatic hydroxyl groups is 2. The minimum atomic E-state index is -1.46. The van der Waals surface area contributed by atoms with Gasteiger partial charge in [0, 0.05) is 4.47 Å². The summed E-state index contributed by atoms with van der Waals surface area (Å²) in [5.41, 5.74) is -1.15. The van der Waals surface area contributed by atoms with Crippen LogP contribution in [0.25, 0.3) is 6.08 Å². The maximum atomic E-state index is 11.0. The lowest BCUT2D eigenvalue weighted by atomic mass is 9.79. The van der Waals surface area contributed by atoms with Gasteiger partial charge in [-0.15, -0.1) is 0 Å². The molecule has 21 heavy (non-hydrogen) atoms. The van der Waals surface area contributed by atoms with Crippen molar-refractivity contribution < 1.29 is 10.2 Å². The van der Waals surface area contributed by atoms with E-state index in [1.165, 1.54) is 0 Å². The van der Waals surface area contributed by atoms with Crippen molar-refractivity contribution in [2.24, 2.45) is 0 Å². The fourth-order valence-electron chi connectivity index (χ4n) is 2.14. The molecule has 3 heteroatoms. The Morgan fingerprint density at radius 1 is 0.905 bits per heavy atom. The molecule has 0 aromatic heterocycles. The van der Waals surface area contributed by atoms with Crippen LogP contribution in [0.4, 0.5) is 0 Å². The van der Waals surface area contributed by atoms with E-state index in [1.807, 2.05) is 60.7 Å². The molecule has 110 valence electrons. The summed E-state index contributed by atoms with van der Waals surface area (Å²) in [7, 11) is 0. The monoisotopic (exact) mass is 346 g/mol. The van der Waals surface area contributed by atoms with Gasteiger partial charge in [0.1, 0.15) is 5.60 Å². The van der Waals surface area contributed by atoms with Crippen LogP contribution < -0.4 is 0 Å². The molecule has 1 atom stereocenters. The predicted molar refractivity (Wildman–Crippen MR) is 89.8 cm³/mol. The molecule has 0 aliphatic heterocycles. The Kier molecular flexibility index (Phi) is 4.67. The second-order valence-corrected chi connectivity index (χ2v) is 6.49. The topological polar surface area (TPSA) is 40.5 Å². The third kappa shape index (κ3) is 3.62. The van der Waals surface area contributed by atoms with Crippen molar-refractivity contribution in [3.63, 3.8) is 0 Å². The van der Waals surface area contributed by atoms with E-state index in [1.54, 1.807) is 19.9 Å². The quantitative estimate of drug-likeness (QED) is 0.873. The van der Waals surface area contributed by atoms with Crippen molar-refractivity contribution in [3.05, 3.63) is 76.3 Å². The van der Waals surface area contributed by atoms with E-state index in [9.17, 15) is 10.2 Å². The molecular formula is C18H19BrO2. The molecule has 1 unspecified atom stereocenters. The minimum absolute atomic E-state index is 0.658. The first-order chi connectivity index (χ1) is 9.83. The summed E-state index contributed by atoms with van der Waals surface area (Å²) >= 11 is 3.39. The van der Waals surface area contributed by atoms with Crippen LogP contribution in [-0.4, -0.2) is 15.8 Å². The number of rotatable bonds is 4. The predicted octanol–water partition coefficient (Wildman–Crippen LogP) is 4.12. The van der Waals surface area contributed by atoms with Gasteiger partial charge in [-0.2, -0.15) is 0 Å². The highest BCUT2D eigenvalue weighted by molar-refractivity contribution is 9.10. The maximum absolute atomic E-state index is 11.0. The van der Waals surface area contributed by atoms with Gasteiger partial charge in [0.25, 0.3) is 0 Å². The number of halogens is 1. The van der Waals surface area contributed by atoms with Crippen LogP contribution in [-0.2, 0) is 5.60 Å². The van der Waals surface area contributed by atoms with Crippen LogP contribution in [0.3, 0.4) is 0 Å². The maximum Gasteiger partial charge on any atom is 0.136 e. The summed E-state index contributed by atoms with van der Waals surface area (Å²) < 4.78 is 1.00. The SMILES string of the molecule is CC(C)(O)C(O)(/C=C/c1ccc(Br)cc1)c1ccccc1. The van der Waals surface area contributed by atoms with Gasteiger partial charge >= 0.3 is 0 Å². The van der Waals surface area contributed by atoms with Crippen molar-refractivity contribution in [1.82, 2.24) is 0 Å². The highest BCUT2D eigenvalue weighted by atomic mass is 79.9. The van der Waals surface area contributed by atoms with E-state index in [2.05, 4.69) is 15.9 Å². The second-order valence-electron chi connectivity index (χ2n) is 5.58. The van der Waals surface area contributed by atoms with Gasteiger partial charge in [0.15, 0.2) is 0 Å². The first kappa shape index (κ1) is 16.0. The molecule has 0 amide bonds. The fourth-order valence-corrected chi connectivity index (χ4v) is 2.40. The summed E-state index contributed by atoms with van der Waals surface area (Å²) in [6, 6.07) is 16.9. The van der Waals surface area contributed by atoms with Gasteiger partial charge in [-0.25, -0.2) is 0 Å². The van der Waals surface area contributed by atoms with Gasteiger partial charge in [-0.05, 0) is 43.2 Å². The Hall–Kier alpha value is -1.42. The Morgan fingerprint density at radius 2 is 1.48 bits per heavy atom.